The summed E-state index contributed by atoms with van der Waals surface area (Å²) >= 11 is 0. The zero-order valence-electron chi connectivity index (χ0n) is 9.74. The molecule has 1 aliphatic rings. The van der Waals surface area contributed by atoms with E-state index in [0.29, 0.717) is 18.9 Å². The Morgan fingerprint density at radius 3 is 2.87 bits per heavy atom. The predicted molar refractivity (Wildman–Crippen MR) is 59.4 cm³/mol. The van der Waals surface area contributed by atoms with Crippen LogP contribution in [0.4, 0.5) is 0 Å². The highest BCUT2D eigenvalue weighted by Crippen LogP contribution is 2.16. The number of rotatable bonds is 6. The summed E-state index contributed by atoms with van der Waals surface area (Å²) in [4.78, 5) is 13.4. The Morgan fingerprint density at radius 2 is 2.33 bits per heavy atom. The lowest BCUT2D eigenvalue weighted by Gasteiger charge is -2.16. The van der Waals surface area contributed by atoms with Crippen LogP contribution in [0, 0.1) is 5.92 Å². The third-order valence-electron chi connectivity index (χ3n) is 2.65. The fourth-order valence-electron chi connectivity index (χ4n) is 1.80. The number of nitrogens with zero attached hydrogens (tertiary/aromatic N) is 1. The quantitative estimate of drug-likeness (QED) is 0.659. The highest BCUT2D eigenvalue weighted by atomic mass is 16.5. The molecule has 1 rings (SSSR count). The monoisotopic (exact) mass is 214 g/mol. The van der Waals surface area contributed by atoms with Crippen molar-refractivity contribution in [3.05, 3.63) is 0 Å². The lowest BCUT2D eigenvalue weighted by Crippen LogP contribution is -2.28. The van der Waals surface area contributed by atoms with Gasteiger partial charge < -0.3 is 15.4 Å². The molecule has 0 aromatic heterocycles. The van der Waals surface area contributed by atoms with E-state index in [4.69, 9.17) is 10.5 Å². The van der Waals surface area contributed by atoms with Gasteiger partial charge in [0, 0.05) is 26.1 Å². The second-order valence-electron chi connectivity index (χ2n) is 4.42. The van der Waals surface area contributed by atoms with Crippen molar-refractivity contribution in [3.63, 3.8) is 0 Å². The van der Waals surface area contributed by atoms with Crippen molar-refractivity contribution in [2.45, 2.75) is 32.8 Å². The van der Waals surface area contributed by atoms with Crippen LogP contribution in [-0.2, 0) is 9.53 Å². The Balaban J connectivity index is 2.14. The van der Waals surface area contributed by atoms with E-state index < -0.39 is 0 Å². The van der Waals surface area contributed by atoms with Crippen molar-refractivity contribution in [3.8, 4) is 0 Å². The highest BCUT2D eigenvalue weighted by molar-refractivity contribution is 5.78. The van der Waals surface area contributed by atoms with Gasteiger partial charge in [-0.2, -0.15) is 0 Å². The minimum absolute atomic E-state index is 0.245. The van der Waals surface area contributed by atoms with Crippen molar-refractivity contribution >= 4 is 5.91 Å². The van der Waals surface area contributed by atoms with Crippen LogP contribution in [0.15, 0.2) is 0 Å². The topological polar surface area (TPSA) is 55.6 Å². The van der Waals surface area contributed by atoms with Crippen LogP contribution in [0.25, 0.3) is 0 Å². The molecule has 0 aromatic rings. The van der Waals surface area contributed by atoms with Crippen molar-refractivity contribution in [1.82, 2.24) is 4.90 Å². The molecule has 1 aliphatic heterocycles. The molecule has 0 saturated carbocycles. The van der Waals surface area contributed by atoms with E-state index in [1.807, 2.05) is 18.7 Å². The number of ether oxygens (including phenoxy) is 1. The lowest BCUT2D eigenvalue weighted by atomic mass is 10.1. The molecule has 88 valence electrons. The molecule has 1 unspecified atom stereocenters. The van der Waals surface area contributed by atoms with Gasteiger partial charge in [-0.15, -0.1) is 0 Å². The van der Waals surface area contributed by atoms with Crippen LogP contribution in [0.5, 0.6) is 0 Å². The molecule has 1 heterocycles. The van der Waals surface area contributed by atoms with Crippen LogP contribution in [0.1, 0.15) is 26.7 Å². The maximum absolute atomic E-state index is 11.5. The number of amides is 1. The van der Waals surface area contributed by atoms with E-state index in [0.717, 1.165) is 26.1 Å². The van der Waals surface area contributed by atoms with E-state index in [9.17, 15) is 4.79 Å². The standard InChI is InChI=1S/C11H22N2O2/c1-9(2)15-5-3-4-13-8-10(7-12)6-11(13)14/h9-10H,3-8,12H2,1-2H3. The Bertz CT molecular complexity index is 207. The van der Waals surface area contributed by atoms with Crippen molar-refractivity contribution in [2.75, 3.05) is 26.2 Å². The van der Waals surface area contributed by atoms with Crippen molar-refractivity contribution in [1.29, 1.82) is 0 Å². The van der Waals surface area contributed by atoms with Crippen LogP contribution in [-0.4, -0.2) is 43.2 Å². The van der Waals surface area contributed by atoms with Crippen molar-refractivity contribution < 1.29 is 9.53 Å². The zero-order chi connectivity index (χ0) is 11.3. The van der Waals surface area contributed by atoms with Gasteiger partial charge in [0.2, 0.25) is 5.91 Å². The van der Waals surface area contributed by atoms with Crippen LogP contribution in [0.3, 0.4) is 0 Å². The minimum atomic E-state index is 0.245. The van der Waals surface area contributed by atoms with E-state index in [1.54, 1.807) is 0 Å². The van der Waals surface area contributed by atoms with Gasteiger partial charge in [0.15, 0.2) is 0 Å². The first-order valence-corrected chi connectivity index (χ1v) is 5.73. The molecular weight excluding hydrogens is 192 g/mol. The van der Waals surface area contributed by atoms with Gasteiger partial charge >= 0.3 is 0 Å². The number of hydrogen-bond acceptors (Lipinski definition) is 3. The SMILES string of the molecule is CC(C)OCCCN1CC(CN)CC1=O. The molecule has 1 amide bonds. The normalized spacial score (nSPS) is 21.7. The molecule has 4 heteroatoms. The fraction of sp³-hybridized carbons (Fsp3) is 0.909. The number of carbonyl (C=O) groups is 1. The maximum atomic E-state index is 11.5. The van der Waals surface area contributed by atoms with E-state index in [-0.39, 0.29) is 12.0 Å². The van der Waals surface area contributed by atoms with E-state index in [1.165, 1.54) is 0 Å². The predicted octanol–water partition coefficient (Wildman–Crippen LogP) is 0.609. The first-order chi connectivity index (χ1) is 7.13. The van der Waals surface area contributed by atoms with Crippen LogP contribution >= 0.6 is 0 Å². The molecule has 1 atom stereocenters. The van der Waals surface area contributed by atoms with Crippen molar-refractivity contribution in [2.24, 2.45) is 11.7 Å². The Hall–Kier alpha value is -0.610. The van der Waals surface area contributed by atoms with Gasteiger partial charge in [-0.3, -0.25) is 4.79 Å². The summed E-state index contributed by atoms with van der Waals surface area (Å²) in [5.41, 5.74) is 5.55. The van der Waals surface area contributed by atoms with Crippen LogP contribution < -0.4 is 5.73 Å². The summed E-state index contributed by atoms with van der Waals surface area (Å²) in [6, 6.07) is 0. The molecule has 0 aromatic carbocycles. The Kier molecular flexibility index (Phi) is 5.05. The largest absolute Gasteiger partial charge is 0.379 e. The fourth-order valence-corrected chi connectivity index (χ4v) is 1.80. The molecular formula is C11H22N2O2. The summed E-state index contributed by atoms with van der Waals surface area (Å²) in [6.07, 6.45) is 1.82. The minimum Gasteiger partial charge on any atom is -0.379 e. The molecule has 2 N–H and O–H groups in total. The maximum Gasteiger partial charge on any atom is 0.222 e. The third-order valence-corrected chi connectivity index (χ3v) is 2.65. The number of likely N-dealkylation sites (tertiary alicyclic amines) is 1. The molecule has 1 saturated heterocycles. The van der Waals surface area contributed by atoms with E-state index >= 15 is 0 Å². The molecule has 15 heavy (non-hydrogen) atoms. The molecule has 0 bridgehead atoms. The molecule has 1 fully saturated rings. The third kappa shape index (κ3) is 4.18. The van der Waals surface area contributed by atoms with Gasteiger partial charge in [-0.05, 0) is 32.7 Å². The summed E-state index contributed by atoms with van der Waals surface area (Å²) in [7, 11) is 0. The summed E-state index contributed by atoms with van der Waals surface area (Å²) in [6.45, 7) is 7.02. The van der Waals surface area contributed by atoms with Gasteiger partial charge in [-0.25, -0.2) is 0 Å². The number of carbonyl (C=O) groups excluding carboxylic acids is 1. The first-order valence-electron chi connectivity index (χ1n) is 5.73. The Labute approximate surface area is 91.8 Å². The second kappa shape index (κ2) is 6.08. The smallest absolute Gasteiger partial charge is 0.222 e. The van der Waals surface area contributed by atoms with Gasteiger partial charge in [0.1, 0.15) is 0 Å². The van der Waals surface area contributed by atoms with Gasteiger partial charge in [0.25, 0.3) is 0 Å². The molecule has 0 radical (unpaired) electrons. The average molecular weight is 214 g/mol. The summed E-state index contributed by atoms with van der Waals surface area (Å²) in [5.74, 6) is 0.610. The van der Waals surface area contributed by atoms with Gasteiger partial charge in [0.05, 0.1) is 6.10 Å². The summed E-state index contributed by atoms with van der Waals surface area (Å²) in [5, 5.41) is 0. The highest BCUT2D eigenvalue weighted by Gasteiger charge is 2.27. The van der Waals surface area contributed by atoms with Crippen LogP contribution in [0.2, 0.25) is 0 Å². The van der Waals surface area contributed by atoms with E-state index in [2.05, 4.69) is 0 Å². The number of nitrogens with two attached hydrogens (primary N) is 1. The molecule has 4 nitrogen and oxygen atoms in total. The summed E-state index contributed by atoms with van der Waals surface area (Å²) < 4.78 is 5.43. The molecule has 0 aliphatic carbocycles. The lowest BCUT2D eigenvalue weighted by molar-refractivity contribution is -0.127. The zero-order valence-corrected chi connectivity index (χ0v) is 9.74. The number of hydrogen-bond donors (Lipinski definition) is 1. The van der Waals surface area contributed by atoms with Gasteiger partial charge in [-0.1, -0.05) is 0 Å². The second-order valence-corrected chi connectivity index (χ2v) is 4.42. The first kappa shape index (κ1) is 12.5. The molecule has 0 spiro atoms. The average Bonchev–Trinajstić information content (AvgIpc) is 2.54. The Morgan fingerprint density at radius 1 is 1.60 bits per heavy atom.